The summed E-state index contributed by atoms with van der Waals surface area (Å²) in [5, 5.41) is 11.1. The van der Waals surface area contributed by atoms with E-state index in [2.05, 4.69) is 0 Å². The summed E-state index contributed by atoms with van der Waals surface area (Å²) in [5.74, 6) is -0.364. The first-order valence-corrected chi connectivity index (χ1v) is 4.07. The van der Waals surface area contributed by atoms with Crippen molar-refractivity contribution in [3.8, 4) is 0 Å². The maximum absolute atomic E-state index is 11.1. The molecule has 0 radical (unpaired) electrons. The highest BCUT2D eigenvalue weighted by molar-refractivity contribution is 6.19. The summed E-state index contributed by atoms with van der Waals surface area (Å²) in [4.78, 5) is 11.1. The van der Waals surface area contributed by atoms with Crippen molar-refractivity contribution in [2.24, 2.45) is 0 Å². The van der Waals surface area contributed by atoms with E-state index >= 15 is 0 Å². The van der Waals surface area contributed by atoms with Gasteiger partial charge in [0.25, 0.3) is 0 Å². The fraction of sp³-hybridized carbons (Fsp3) is 0.182. The van der Waals surface area contributed by atoms with Gasteiger partial charge in [0.15, 0.2) is 5.78 Å². The summed E-state index contributed by atoms with van der Waals surface area (Å²) < 4.78 is 0. The molecular weight excluding hydrogens is 164 g/mol. The topological polar surface area (TPSA) is 40.1 Å². The lowest BCUT2D eigenvalue weighted by molar-refractivity contribution is -0.300. The zero-order chi connectivity index (χ0) is 9.84. The minimum atomic E-state index is -0.182. The smallest absolute Gasteiger partial charge is 0.159 e. The molecule has 1 rings (SSSR count). The highest BCUT2D eigenvalue weighted by atomic mass is 16.3. The Kier molecular flexibility index (Phi) is 2.85. The Morgan fingerprint density at radius 3 is 2.08 bits per heavy atom. The summed E-state index contributed by atoms with van der Waals surface area (Å²) in [6.45, 7) is 2.81. The molecule has 1 aromatic rings. The normalized spacial score (nSPS) is 12.2. The summed E-state index contributed by atoms with van der Waals surface area (Å²) in [6.07, 6.45) is 0. The summed E-state index contributed by atoms with van der Waals surface area (Å²) in [5.41, 5.74) is 0.975. The van der Waals surface area contributed by atoms with Gasteiger partial charge in [0.05, 0.1) is 0 Å². The molecule has 0 bridgehead atoms. The average molecular weight is 175 g/mol. The van der Waals surface area contributed by atoms with Gasteiger partial charge >= 0.3 is 0 Å². The van der Waals surface area contributed by atoms with E-state index in [4.69, 9.17) is 0 Å². The maximum Gasteiger partial charge on any atom is 0.159 e. The first-order valence-electron chi connectivity index (χ1n) is 4.07. The molecule has 2 nitrogen and oxygen atoms in total. The number of carbonyl (C=O) groups excluding carboxylic acids is 1. The van der Waals surface area contributed by atoms with Gasteiger partial charge < -0.3 is 5.11 Å². The van der Waals surface area contributed by atoms with Crippen molar-refractivity contribution in [1.82, 2.24) is 0 Å². The molecular formula is C11H11O2-. The summed E-state index contributed by atoms with van der Waals surface area (Å²) in [7, 11) is 0. The molecule has 0 saturated carbocycles. The van der Waals surface area contributed by atoms with Crippen molar-refractivity contribution in [3.05, 3.63) is 41.7 Å². The van der Waals surface area contributed by atoms with Crippen molar-refractivity contribution in [2.45, 2.75) is 13.8 Å². The number of ketones is 1. The van der Waals surface area contributed by atoms with E-state index in [0.29, 0.717) is 5.56 Å². The van der Waals surface area contributed by atoms with Gasteiger partial charge in [-0.2, -0.15) is 0 Å². The maximum atomic E-state index is 11.1. The number of benzene rings is 1. The first kappa shape index (κ1) is 9.52. The van der Waals surface area contributed by atoms with Gasteiger partial charge in [0, 0.05) is 5.57 Å². The lowest BCUT2D eigenvalue weighted by Gasteiger charge is -2.12. The van der Waals surface area contributed by atoms with E-state index in [9.17, 15) is 9.90 Å². The number of allylic oxidation sites excluding steroid dienone is 2. The van der Waals surface area contributed by atoms with Crippen LogP contribution in [0.3, 0.4) is 0 Å². The molecule has 0 unspecified atom stereocenters. The number of carbonyl (C=O) groups is 1. The third kappa shape index (κ3) is 2.18. The Morgan fingerprint density at radius 1 is 1.15 bits per heavy atom. The number of Topliss-reactive ketones (excluding diaryl/α,β-unsaturated/α-hetero) is 1. The predicted octanol–water partition coefficient (Wildman–Crippen LogP) is 1.37. The van der Waals surface area contributed by atoms with E-state index in [0.717, 1.165) is 0 Å². The highest BCUT2D eigenvalue weighted by Crippen LogP contribution is 2.16. The second-order valence-corrected chi connectivity index (χ2v) is 2.85. The molecule has 0 aliphatic carbocycles. The molecule has 0 aromatic heterocycles. The van der Waals surface area contributed by atoms with Gasteiger partial charge in [-0.05, 0) is 12.5 Å². The first-order chi connectivity index (χ1) is 6.13. The standard InChI is InChI=1S/C11H12O2/c1-8(12)11(9(2)13)10-6-4-3-5-7-10/h3-7,12H,1-2H3/p-1/b11-8+. The SMILES string of the molecule is CC(=O)/C(=C(/C)[O-])c1ccccc1. The molecule has 0 aliphatic heterocycles. The molecule has 0 N–H and O–H groups in total. The summed E-state index contributed by atoms with van der Waals surface area (Å²) >= 11 is 0. The van der Waals surface area contributed by atoms with E-state index in [1.165, 1.54) is 13.8 Å². The van der Waals surface area contributed by atoms with Crippen LogP contribution >= 0.6 is 0 Å². The molecule has 0 spiro atoms. The zero-order valence-corrected chi connectivity index (χ0v) is 7.70. The molecule has 0 amide bonds. The van der Waals surface area contributed by atoms with E-state index in [1.807, 2.05) is 6.07 Å². The largest absolute Gasteiger partial charge is 0.875 e. The molecule has 0 fully saturated rings. The Morgan fingerprint density at radius 2 is 1.69 bits per heavy atom. The van der Waals surface area contributed by atoms with Crippen LogP contribution in [0.2, 0.25) is 0 Å². The Hall–Kier alpha value is -1.57. The van der Waals surface area contributed by atoms with Crippen LogP contribution in [0.5, 0.6) is 0 Å². The monoisotopic (exact) mass is 175 g/mol. The fourth-order valence-electron chi connectivity index (χ4n) is 1.26. The van der Waals surface area contributed by atoms with Crippen LogP contribution in [0.4, 0.5) is 0 Å². The Bertz CT molecular complexity index is 332. The molecule has 0 saturated heterocycles. The van der Waals surface area contributed by atoms with Crippen molar-refractivity contribution in [1.29, 1.82) is 0 Å². The van der Waals surface area contributed by atoms with Crippen molar-refractivity contribution < 1.29 is 9.90 Å². The molecule has 13 heavy (non-hydrogen) atoms. The molecule has 0 heterocycles. The predicted molar refractivity (Wildman–Crippen MR) is 49.7 cm³/mol. The molecule has 0 atom stereocenters. The van der Waals surface area contributed by atoms with Crippen LogP contribution in [0.15, 0.2) is 36.1 Å². The Balaban J connectivity index is 3.20. The second kappa shape index (κ2) is 3.90. The lowest BCUT2D eigenvalue weighted by Crippen LogP contribution is -2.08. The second-order valence-electron chi connectivity index (χ2n) is 2.85. The molecule has 68 valence electrons. The third-order valence-electron chi connectivity index (χ3n) is 1.77. The molecule has 0 aliphatic rings. The quantitative estimate of drug-likeness (QED) is 0.503. The van der Waals surface area contributed by atoms with Crippen LogP contribution in [-0.4, -0.2) is 5.78 Å². The highest BCUT2D eigenvalue weighted by Gasteiger charge is 2.05. The van der Waals surface area contributed by atoms with Crippen molar-refractivity contribution >= 4 is 11.4 Å². The van der Waals surface area contributed by atoms with Crippen molar-refractivity contribution in [2.75, 3.05) is 0 Å². The van der Waals surface area contributed by atoms with E-state index < -0.39 is 0 Å². The van der Waals surface area contributed by atoms with Crippen LogP contribution in [0.1, 0.15) is 19.4 Å². The van der Waals surface area contributed by atoms with Crippen LogP contribution < -0.4 is 5.11 Å². The van der Waals surface area contributed by atoms with Crippen LogP contribution in [-0.2, 0) is 4.79 Å². The number of rotatable bonds is 2. The van der Waals surface area contributed by atoms with Crippen LogP contribution in [0.25, 0.3) is 5.57 Å². The Labute approximate surface area is 77.5 Å². The van der Waals surface area contributed by atoms with Gasteiger partial charge in [0.2, 0.25) is 0 Å². The number of hydrogen-bond acceptors (Lipinski definition) is 2. The van der Waals surface area contributed by atoms with Crippen LogP contribution in [0, 0.1) is 0 Å². The van der Waals surface area contributed by atoms with E-state index in [1.54, 1.807) is 24.3 Å². The van der Waals surface area contributed by atoms with Gasteiger partial charge in [0.1, 0.15) is 0 Å². The summed E-state index contributed by atoms with van der Waals surface area (Å²) in [6, 6.07) is 8.99. The van der Waals surface area contributed by atoms with Gasteiger partial charge in [-0.1, -0.05) is 37.3 Å². The van der Waals surface area contributed by atoms with E-state index in [-0.39, 0.29) is 17.1 Å². The van der Waals surface area contributed by atoms with Gasteiger partial charge in [-0.15, -0.1) is 5.76 Å². The number of hydrogen-bond donors (Lipinski definition) is 0. The van der Waals surface area contributed by atoms with Gasteiger partial charge in [-0.3, -0.25) is 4.79 Å². The fourth-order valence-corrected chi connectivity index (χ4v) is 1.26. The zero-order valence-electron chi connectivity index (χ0n) is 7.70. The average Bonchev–Trinajstić information content (AvgIpc) is 2.04. The van der Waals surface area contributed by atoms with Crippen molar-refractivity contribution in [3.63, 3.8) is 0 Å². The third-order valence-corrected chi connectivity index (χ3v) is 1.77. The van der Waals surface area contributed by atoms with Gasteiger partial charge in [-0.25, -0.2) is 0 Å². The minimum Gasteiger partial charge on any atom is -0.875 e. The molecule has 1 aromatic carbocycles. The lowest BCUT2D eigenvalue weighted by atomic mass is 10.0. The minimum absolute atomic E-state index is 0.182. The molecule has 2 heteroatoms.